The van der Waals surface area contributed by atoms with Gasteiger partial charge in [0.05, 0.1) is 27.3 Å². The molecule has 172 valence electrons. The lowest BCUT2D eigenvalue weighted by molar-refractivity contribution is -0.384. The molecule has 0 unspecified atom stereocenters. The van der Waals surface area contributed by atoms with E-state index in [4.69, 9.17) is 4.74 Å². The zero-order chi connectivity index (χ0) is 23.4. The van der Waals surface area contributed by atoms with Crippen molar-refractivity contribution in [2.45, 2.75) is 32.6 Å². The lowest BCUT2D eigenvalue weighted by Crippen LogP contribution is -2.19. The number of anilines is 2. The maximum atomic E-state index is 12.8. The molecule has 10 heteroatoms. The second kappa shape index (κ2) is 9.95. The third-order valence-corrected chi connectivity index (χ3v) is 6.39. The number of ether oxygens (including phenoxy) is 1. The molecule has 1 aliphatic rings. The Labute approximate surface area is 194 Å². The molecular formula is C23H24N4O5S. The highest BCUT2D eigenvalue weighted by molar-refractivity contribution is 7.22. The topological polar surface area (TPSA) is 115 Å². The Hall–Kier alpha value is -3.53. The first-order valence-corrected chi connectivity index (χ1v) is 11.7. The van der Waals surface area contributed by atoms with Gasteiger partial charge < -0.3 is 9.64 Å². The van der Waals surface area contributed by atoms with E-state index >= 15 is 0 Å². The van der Waals surface area contributed by atoms with Crippen LogP contribution in [0.1, 0.15) is 53.3 Å². The lowest BCUT2D eigenvalue weighted by Gasteiger charge is -2.17. The fraction of sp³-hybridized carbons (Fsp3) is 0.348. The van der Waals surface area contributed by atoms with Crippen LogP contribution in [0, 0.1) is 10.1 Å². The van der Waals surface area contributed by atoms with Gasteiger partial charge in [-0.25, -0.2) is 9.78 Å². The summed E-state index contributed by atoms with van der Waals surface area (Å²) in [5.41, 5.74) is 1.69. The average molecular weight is 469 g/mol. The highest BCUT2D eigenvalue weighted by Gasteiger charge is 2.24. The van der Waals surface area contributed by atoms with Crippen molar-refractivity contribution in [3.05, 3.63) is 57.6 Å². The minimum atomic E-state index is -0.482. The van der Waals surface area contributed by atoms with Crippen LogP contribution in [0.5, 0.6) is 0 Å². The van der Waals surface area contributed by atoms with E-state index in [1.165, 1.54) is 17.4 Å². The molecule has 0 aliphatic carbocycles. The Morgan fingerprint density at radius 3 is 2.67 bits per heavy atom. The molecule has 0 spiro atoms. The predicted molar refractivity (Wildman–Crippen MR) is 127 cm³/mol. The van der Waals surface area contributed by atoms with Crippen LogP contribution in [0.3, 0.4) is 0 Å². The van der Waals surface area contributed by atoms with E-state index in [9.17, 15) is 19.7 Å². The van der Waals surface area contributed by atoms with Crippen molar-refractivity contribution < 1.29 is 19.2 Å². The van der Waals surface area contributed by atoms with Crippen molar-refractivity contribution in [2.24, 2.45) is 0 Å². The van der Waals surface area contributed by atoms with E-state index < -0.39 is 16.8 Å². The third kappa shape index (κ3) is 5.11. The number of carbonyl (C=O) groups excluding carboxylic acids is 2. The summed E-state index contributed by atoms with van der Waals surface area (Å²) in [7, 11) is 0. The molecule has 0 atom stereocenters. The molecule has 1 saturated heterocycles. The monoisotopic (exact) mass is 468 g/mol. The van der Waals surface area contributed by atoms with E-state index in [0.717, 1.165) is 43.5 Å². The molecule has 9 nitrogen and oxygen atoms in total. The highest BCUT2D eigenvalue weighted by atomic mass is 32.1. The molecule has 0 radical (unpaired) electrons. The zero-order valence-electron chi connectivity index (χ0n) is 18.2. The van der Waals surface area contributed by atoms with Crippen LogP contribution in [0.2, 0.25) is 0 Å². The Bertz CT molecular complexity index is 1200. The molecule has 4 rings (SSSR count). The molecule has 0 saturated carbocycles. The van der Waals surface area contributed by atoms with E-state index in [2.05, 4.69) is 10.3 Å². The number of nitrogens with zero attached hydrogens (tertiary/aromatic N) is 3. The number of benzene rings is 2. The standard InChI is InChI=1S/C23H24N4O5S/c1-2-3-12-32-22(29)16-6-8-17-20(14-16)33-23(24-17)25-21(28)15-7-9-18(19(13-15)27(30)31)26-10-4-5-11-26/h6-9,13-14H,2-5,10-12H2,1H3,(H,24,25,28). The maximum absolute atomic E-state index is 12.8. The Balaban J connectivity index is 1.50. The van der Waals surface area contributed by atoms with E-state index in [1.807, 2.05) is 11.8 Å². The molecular weight excluding hydrogens is 444 g/mol. The van der Waals surface area contributed by atoms with Gasteiger partial charge in [0.1, 0.15) is 5.69 Å². The van der Waals surface area contributed by atoms with Crippen molar-refractivity contribution in [1.82, 2.24) is 4.98 Å². The SMILES string of the molecule is CCCCOC(=O)c1ccc2nc(NC(=O)c3ccc(N4CCCC4)c([N+](=O)[O-])c3)sc2c1. The summed E-state index contributed by atoms with van der Waals surface area (Å²) < 4.78 is 5.97. The largest absolute Gasteiger partial charge is 0.462 e. The number of hydrogen-bond acceptors (Lipinski definition) is 8. The molecule has 3 aromatic rings. The summed E-state index contributed by atoms with van der Waals surface area (Å²) >= 11 is 1.22. The number of aromatic nitrogens is 1. The van der Waals surface area contributed by atoms with Gasteiger partial charge in [-0.05, 0) is 49.6 Å². The minimum absolute atomic E-state index is 0.0833. The van der Waals surface area contributed by atoms with Gasteiger partial charge in [0.2, 0.25) is 0 Å². The third-order valence-electron chi connectivity index (χ3n) is 5.46. The molecule has 33 heavy (non-hydrogen) atoms. The molecule has 2 aromatic carbocycles. The van der Waals surface area contributed by atoms with Crippen LogP contribution >= 0.6 is 11.3 Å². The second-order valence-electron chi connectivity index (χ2n) is 7.80. The fourth-order valence-electron chi connectivity index (χ4n) is 3.70. The molecule has 1 amide bonds. The van der Waals surface area contributed by atoms with Crippen LogP contribution in [-0.2, 0) is 4.74 Å². The van der Waals surface area contributed by atoms with Gasteiger partial charge in [-0.3, -0.25) is 20.2 Å². The van der Waals surface area contributed by atoms with E-state index in [-0.39, 0.29) is 11.3 Å². The van der Waals surface area contributed by atoms with Crippen molar-refractivity contribution in [2.75, 3.05) is 29.9 Å². The number of carbonyl (C=O) groups is 2. The summed E-state index contributed by atoms with van der Waals surface area (Å²) in [5, 5.41) is 14.7. The molecule has 1 N–H and O–H groups in total. The quantitative estimate of drug-likeness (QED) is 0.214. The Morgan fingerprint density at radius 2 is 1.94 bits per heavy atom. The van der Waals surface area contributed by atoms with Gasteiger partial charge in [0, 0.05) is 24.7 Å². The number of unbranched alkanes of at least 4 members (excludes halogenated alkanes) is 1. The first-order valence-electron chi connectivity index (χ1n) is 10.9. The van der Waals surface area contributed by atoms with Crippen molar-refractivity contribution in [3.63, 3.8) is 0 Å². The van der Waals surface area contributed by atoms with E-state index in [1.54, 1.807) is 30.3 Å². The Morgan fingerprint density at radius 1 is 1.18 bits per heavy atom. The van der Waals surface area contributed by atoms with Gasteiger partial charge in [-0.1, -0.05) is 24.7 Å². The summed E-state index contributed by atoms with van der Waals surface area (Å²) in [6.07, 6.45) is 3.74. The van der Waals surface area contributed by atoms with Crippen LogP contribution in [0.15, 0.2) is 36.4 Å². The molecule has 1 fully saturated rings. The van der Waals surface area contributed by atoms with Crippen molar-refractivity contribution >= 4 is 49.9 Å². The highest BCUT2D eigenvalue weighted by Crippen LogP contribution is 2.32. The molecule has 1 aliphatic heterocycles. The number of nitrogens with one attached hydrogen (secondary N) is 1. The molecule has 1 aromatic heterocycles. The van der Waals surface area contributed by atoms with Gasteiger partial charge >= 0.3 is 5.97 Å². The number of thiazole rings is 1. The van der Waals surface area contributed by atoms with Crippen LogP contribution in [0.25, 0.3) is 10.2 Å². The zero-order valence-corrected chi connectivity index (χ0v) is 19.0. The lowest BCUT2D eigenvalue weighted by atomic mass is 10.1. The summed E-state index contributed by atoms with van der Waals surface area (Å²) in [6, 6.07) is 9.56. The number of fused-ring (bicyclic) bond motifs is 1. The number of rotatable bonds is 8. The smallest absolute Gasteiger partial charge is 0.338 e. The first-order chi connectivity index (χ1) is 16.0. The molecule has 2 heterocycles. The predicted octanol–water partition coefficient (Wildman–Crippen LogP) is 5.01. The van der Waals surface area contributed by atoms with Crippen molar-refractivity contribution in [3.8, 4) is 0 Å². The number of nitro benzene ring substituents is 1. The van der Waals surface area contributed by atoms with Crippen LogP contribution in [-0.4, -0.2) is 41.5 Å². The van der Waals surface area contributed by atoms with Gasteiger partial charge in [0.15, 0.2) is 5.13 Å². The van der Waals surface area contributed by atoms with Gasteiger partial charge in [-0.15, -0.1) is 0 Å². The fourth-order valence-corrected chi connectivity index (χ4v) is 4.60. The number of nitro groups is 1. The summed E-state index contributed by atoms with van der Waals surface area (Å²) in [4.78, 5) is 42.4. The maximum Gasteiger partial charge on any atom is 0.338 e. The van der Waals surface area contributed by atoms with Crippen molar-refractivity contribution in [1.29, 1.82) is 0 Å². The molecule has 0 bridgehead atoms. The van der Waals surface area contributed by atoms with E-state index in [0.29, 0.717) is 28.5 Å². The number of amides is 1. The first kappa shape index (κ1) is 22.7. The van der Waals surface area contributed by atoms with Gasteiger partial charge in [-0.2, -0.15) is 0 Å². The summed E-state index contributed by atoms with van der Waals surface area (Å²) in [6.45, 7) is 3.94. The van der Waals surface area contributed by atoms with Gasteiger partial charge in [0.25, 0.3) is 11.6 Å². The average Bonchev–Trinajstić information content (AvgIpc) is 3.47. The number of esters is 1. The van der Waals surface area contributed by atoms with Crippen LogP contribution in [0.4, 0.5) is 16.5 Å². The minimum Gasteiger partial charge on any atom is -0.462 e. The normalized spacial score (nSPS) is 13.3. The number of hydrogen-bond donors (Lipinski definition) is 1. The van der Waals surface area contributed by atoms with Crippen LogP contribution < -0.4 is 10.2 Å². The Kier molecular flexibility index (Phi) is 6.83. The second-order valence-corrected chi connectivity index (χ2v) is 8.83. The summed E-state index contributed by atoms with van der Waals surface area (Å²) in [5.74, 6) is -0.876.